The summed E-state index contributed by atoms with van der Waals surface area (Å²) in [5, 5.41) is 3.61. The van der Waals surface area contributed by atoms with Crippen LogP contribution in [0, 0.1) is 6.92 Å². The Labute approximate surface area is 113 Å². The van der Waals surface area contributed by atoms with Crippen LogP contribution in [0.5, 0.6) is 0 Å². The lowest BCUT2D eigenvalue weighted by atomic mass is 10.2. The fourth-order valence-electron chi connectivity index (χ4n) is 2.15. The molecule has 1 saturated heterocycles. The molecule has 1 aliphatic rings. The van der Waals surface area contributed by atoms with Gasteiger partial charge in [0.05, 0.1) is 4.90 Å². The predicted octanol–water partition coefficient (Wildman–Crippen LogP) is 1.63. The first-order chi connectivity index (χ1) is 8.43. The molecule has 6 heteroatoms. The molecule has 1 aromatic rings. The van der Waals surface area contributed by atoms with E-state index >= 15 is 0 Å². The summed E-state index contributed by atoms with van der Waals surface area (Å²) >= 11 is 5.89. The molecule has 1 aliphatic heterocycles. The van der Waals surface area contributed by atoms with Gasteiger partial charge in [0, 0.05) is 24.7 Å². The maximum absolute atomic E-state index is 12.5. The summed E-state index contributed by atoms with van der Waals surface area (Å²) in [6.45, 7) is 3.35. The third-order valence-corrected chi connectivity index (χ3v) is 5.64. The van der Waals surface area contributed by atoms with Gasteiger partial charge in [-0.15, -0.1) is 0 Å². The Hall–Kier alpha value is -0.620. The Morgan fingerprint density at radius 1 is 1.44 bits per heavy atom. The van der Waals surface area contributed by atoms with Crippen molar-refractivity contribution in [3.63, 3.8) is 0 Å². The molecule has 4 nitrogen and oxygen atoms in total. The summed E-state index contributed by atoms with van der Waals surface area (Å²) < 4.78 is 26.5. The molecule has 1 heterocycles. The van der Waals surface area contributed by atoms with Crippen LogP contribution in [0.25, 0.3) is 0 Å². The molecule has 18 heavy (non-hydrogen) atoms. The van der Waals surface area contributed by atoms with Crippen molar-refractivity contribution in [2.75, 3.05) is 20.1 Å². The maximum Gasteiger partial charge on any atom is 0.243 e. The Morgan fingerprint density at radius 2 is 2.17 bits per heavy atom. The van der Waals surface area contributed by atoms with Crippen molar-refractivity contribution in [1.29, 1.82) is 0 Å². The van der Waals surface area contributed by atoms with E-state index in [-0.39, 0.29) is 6.04 Å². The van der Waals surface area contributed by atoms with Crippen LogP contribution in [0.3, 0.4) is 0 Å². The predicted molar refractivity (Wildman–Crippen MR) is 72.4 cm³/mol. The molecule has 1 unspecified atom stereocenters. The van der Waals surface area contributed by atoms with Crippen molar-refractivity contribution in [3.05, 3.63) is 28.8 Å². The number of hydrogen-bond acceptors (Lipinski definition) is 3. The van der Waals surface area contributed by atoms with Crippen LogP contribution in [0.4, 0.5) is 0 Å². The Balaban J connectivity index is 2.37. The largest absolute Gasteiger partial charge is 0.315 e. The highest BCUT2D eigenvalue weighted by Gasteiger charge is 2.30. The first-order valence-electron chi connectivity index (χ1n) is 5.88. The van der Waals surface area contributed by atoms with Gasteiger partial charge < -0.3 is 5.32 Å². The SMILES string of the molecule is Cc1ccc(Cl)cc1S(=O)(=O)N(C)C1CCNC1. The molecule has 2 rings (SSSR count). The minimum atomic E-state index is -3.47. The zero-order valence-corrected chi connectivity index (χ0v) is 12.1. The number of aryl methyl sites for hydroxylation is 1. The number of benzene rings is 1. The van der Waals surface area contributed by atoms with Crippen LogP contribution < -0.4 is 5.32 Å². The van der Waals surface area contributed by atoms with Crippen molar-refractivity contribution in [3.8, 4) is 0 Å². The molecule has 1 atom stereocenters. The van der Waals surface area contributed by atoms with Crippen molar-refractivity contribution in [1.82, 2.24) is 9.62 Å². The average Bonchev–Trinajstić information content (AvgIpc) is 2.84. The molecule has 1 N–H and O–H groups in total. The van der Waals surface area contributed by atoms with Crippen LogP contribution in [-0.2, 0) is 10.0 Å². The molecule has 0 amide bonds. The van der Waals surface area contributed by atoms with E-state index in [1.807, 2.05) is 0 Å². The molecule has 0 aromatic heterocycles. The summed E-state index contributed by atoms with van der Waals surface area (Å²) in [5.41, 5.74) is 0.720. The number of likely N-dealkylation sites (N-methyl/N-ethyl adjacent to an activating group) is 1. The van der Waals surface area contributed by atoms with E-state index in [0.717, 1.165) is 18.5 Å². The zero-order valence-electron chi connectivity index (χ0n) is 10.5. The number of hydrogen-bond donors (Lipinski definition) is 1. The molecule has 1 fully saturated rings. The smallest absolute Gasteiger partial charge is 0.243 e. The number of nitrogens with one attached hydrogen (secondary N) is 1. The van der Waals surface area contributed by atoms with Crippen LogP contribution in [0.1, 0.15) is 12.0 Å². The standard InChI is InChI=1S/C12H17ClN2O2S/c1-9-3-4-10(13)7-12(9)18(16,17)15(2)11-5-6-14-8-11/h3-4,7,11,14H,5-6,8H2,1-2H3. The van der Waals surface area contributed by atoms with Crippen LogP contribution in [-0.4, -0.2) is 38.9 Å². The maximum atomic E-state index is 12.5. The van der Waals surface area contributed by atoms with Crippen molar-refractivity contribution < 1.29 is 8.42 Å². The fourth-order valence-corrected chi connectivity index (χ4v) is 4.02. The third kappa shape index (κ3) is 2.54. The molecule has 0 aliphatic carbocycles. The highest BCUT2D eigenvalue weighted by molar-refractivity contribution is 7.89. The van der Waals surface area contributed by atoms with Crippen LogP contribution >= 0.6 is 11.6 Å². The molecule has 0 spiro atoms. The highest BCUT2D eigenvalue weighted by Crippen LogP contribution is 2.25. The molecule has 0 bridgehead atoms. The Bertz CT molecular complexity index is 539. The first kappa shape index (κ1) is 13.8. The van der Waals surface area contributed by atoms with Gasteiger partial charge in [0.1, 0.15) is 0 Å². The van der Waals surface area contributed by atoms with E-state index in [0.29, 0.717) is 16.5 Å². The normalized spacial score (nSPS) is 20.6. The number of nitrogens with zero attached hydrogens (tertiary/aromatic N) is 1. The Kier molecular flexibility index (Phi) is 3.96. The van der Waals surface area contributed by atoms with Gasteiger partial charge in [-0.05, 0) is 37.6 Å². The van der Waals surface area contributed by atoms with Gasteiger partial charge in [-0.1, -0.05) is 17.7 Å². The first-order valence-corrected chi connectivity index (χ1v) is 7.69. The third-order valence-electron chi connectivity index (χ3n) is 3.36. The van der Waals surface area contributed by atoms with Crippen molar-refractivity contribution in [2.45, 2.75) is 24.3 Å². The van der Waals surface area contributed by atoms with Crippen molar-refractivity contribution >= 4 is 21.6 Å². The second-order valence-corrected chi connectivity index (χ2v) is 6.98. The van der Waals surface area contributed by atoms with E-state index < -0.39 is 10.0 Å². The van der Waals surface area contributed by atoms with Gasteiger partial charge >= 0.3 is 0 Å². The fraction of sp³-hybridized carbons (Fsp3) is 0.500. The van der Waals surface area contributed by atoms with Gasteiger partial charge in [-0.25, -0.2) is 8.42 Å². The van der Waals surface area contributed by atoms with E-state index in [1.165, 1.54) is 10.4 Å². The molecular formula is C12H17ClN2O2S. The summed E-state index contributed by atoms with van der Waals surface area (Å²) in [4.78, 5) is 0.296. The summed E-state index contributed by atoms with van der Waals surface area (Å²) in [6, 6.07) is 4.97. The van der Waals surface area contributed by atoms with Gasteiger partial charge in [0.15, 0.2) is 0 Å². The summed E-state index contributed by atoms with van der Waals surface area (Å²) in [6.07, 6.45) is 0.843. The lowest BCUT2D eigenvalue weighted by molar-refractivity contribution is 0.387. The molecular weight excluding hydrogens is 272 g/mol. The minimum Gasteiger partial charge on any atom is -0.315 e. The minimum absolute atomic E-state index is 0.0216. The van der Waals surface area contributed by atoms with Crippen LogP contribution in [0.15, 0.2) is 23.1 Å². The summed E-state index contributed by atoms with van der Waals surface area (Å²) in [7, 11) is -1.83. The van der Waals surface area contributed by atoms with Gasteiger partial charge in [0.2, 0.25) is 10.0 Å². The number of sulfonamides is 1. The summed E-state index contributed by atoms with van der Waals surface area (Å²) in [5.74, 6) is 0. The monoisotopic (exact) mass is 288 g/mol. The van der Waals surface area contributed by atoms with E-state index in [2.05, 4.69) is 5.32 Å². The Morgan fingerprint density at radius 3 is 2.78 bits per heavy atom. The van der Waals surface area contributed by atoms with E-state index in [9.17, 15) is 8.42 Å². The molecule has 100 valence electrons. The zero-order chi connectivity index (χ0) is 13.3. The van der Waals surface area contributed by atoms with Gasteiger partial charge in [-0.2, -0.15) is 4.31 Å². The lowest BCUT2D eigenvalue weighted by Gasteiger charge is -2.24. The quantitative estimate of drug-likeness (QED) is 0.920. The average molecular weight is 289 g/mol. The molecule has 0 saturated carbocycles. The van der Waals surface area contributed by atoms with E-state index in [1.54, 1.807) is 26.1 Å². The van der Waals surface area contributed by atoms with Gasteiger partial charge in [-0.3, -0.25) is 0 Å². The number of halogens is 1. The number of rotatable bonds is 3. The van der Waals surface area contributed by atoms with Crippen LogP contribution in [0.2, 0.25) is 5.02 Å². The van der Waals surface area contributed by atoms with Gasteiger partial charge in [0.25, 0.3) is 0 Å². The second-order valence-electron chi connectivity index (χ2n) is 4.58. The topological polar surface area (TPSA) is 49.4 Å². The van der Waals surface area contributed by atoms with E-state index in [4.69, 9.17) is 11.6 Å². The highest BCUT2D eigenvalue weighted by atomic mass is 35.5. The molecule has 1 aromatic carbocycles. The second kappa shape index (κ2) is 5.17. The molecule has 0 radical (unpaired) electrons. The van der Waals surface area contributed by atoms with Crippen molar-refractivity contribution in [2.24, 2.45) is 0 Å². The lowest BCUT2D eigenvalue weighted by Crippen LogP contribution is -2.38.